The molecule has 58 nitrogen and oxygen atoms in total. The standard InChI is InChI=1S/C91H162N6O52/c1-3-92-52(104)21-16-14-12-10-8-6-4-5-7-9-11-13-15-17-22-53(105)93-23-19-18-20-42(82(131)96-26-29-134-88-76(128)79(147-89-57(109)41(2)56(108)43(32-98)141-89)63(115)49(146-88)38-135-83-71(123)66(118)58(110)44(33-99)138-83)97(30-54(106)94-24-27-132-86-77(129)80(148-90-74(126)69(121)61(113)47(36-102)142-90)64(116)50(144-86)39-136-84-72(124)67(119)59(111)45(34-100)139-84)31-55(107)95-25-28-133-87-78(130)81(149-91-75(127)70(122)62(114)48(37-103)143-91)65(117)51(145-87)40-137-85-73(125)68(120)60(112)46(35-101)140-85/h41-51,56-81,83-91,98-103,108-130H,3-40H2,1-2H3,(H,92,104)(H,93,105)(H,94,106)(H,95,107)(H,96,131)/t41-,42-,43+,44+,45+,46+,47+,48+,49+,50+,51+,56-,57-,58+,59+,60+,61+,62+,63+,64+,65+,66-,67-,68-,69-,70?,71-,72-,73-,74-,75?,76-,77-,78-,79-,80-,81-,83-,84-,85-,86-,87-,88-,89+,90+,91+/m0/s1. The Labute approximate surface area is 858 Å². The molecule has 149 heavy (non-hydrogen) atoms. The Balaban J connectivity index is 0.942. The van der Waals surface area contributed by atoms with Crippen LogP contribution < -0.4 is 26.6 Å². The molecule has 58 heteroatoms. The van der Waals surface area contributed by atoms with Crippen LogP contribution in [0.3, 0.4) is 0 Å². The van der Waals surface area contributed by atoms with Crippen LogP contribution in [0.25, 0.3) is 0 Å². The van der Waals surface area contributed by atoms with E-state index < -0.39 is 412 Å². The molecule has 0 radical (unpaired) electrons. The first-order chi connectivity index (χ1) is 71.2. The monoisotopic (exact) mass is 2170 g/mol. The fourth-order valence-corrected chi connectivity index (χ4v) is 18.6. The van der Waals surface area contributed by atoms with Crippen molar-refractivity contribution in [1.82, 2.24) is 31.5 Å². The third-order valence-electron chi connectivity index (χ3n) is 27.7. The Kier molecular flexibility index (Phi) is 55.3. The maximum atomic E-state index is 15.3. The van der Waals surface area contributed by atoms with E-state index >= 15 is 4.79 Å². The van der Waals surface area contributed by atoms with E-state index in [1.165, 1.54) is 6.92 Å². The summed E-state index contributed by atoms with van der Waals surface area (Å²) in [5.74, 6) is -4.22. The lowest BCUT2D eigenvalue weighted by atomic mass is 9.90. The van der Waals surface area contributed by atoms with E-state index in [1.54, 1.807) is 0 Å². The summed E-state index contributed by atoms with van der Waals surface area (Å²) in [6.45, 7) is -9.53. The summed E-state index contributed by atoms with van der Waals surface area (Å²) in [5.41, 5.74) is 0. The van der Waals surface area contributed by atoms with E-state index in [2.05, 4.69) is 26.6 Å². The molecule has 9 aliphatic heterocycles. The van der Waals surface area contributed by atoms with Crippen LogP contribution in [0.1, 0.15) is 136 Å². The van der Waals surface area contributed by atoms with Crippen molar-refractivity contribution in [3.8, 4) is 0 Å². The number of aliphatic hydroxyl groups excluding tert-OH is 29. The average molecular weight is 2170 g/mol. The number of carbonyl (C=O) groups is 5. The van der Waals surface area contributed by atoms with Crippen LogP contribution in [0, 0.1) is 5.92 Å². The highest BCUT2D eigenvalue weighted by atomic mass is 16.8. The maximum absolute atomic E-state index is 15.3. The zero-order chi connectivity index (χ0) is 109. The van der Waals surface area contributed by atoms with Gasteiger partial charge in [-0.3, -0.25) is 28.9 Å². The molecule has 2 unspecified atom stereocenters. The molecule has 0 saturated carbocycles. The topological polar surface area (TPSA) is 902 Å². The second kappa shape index (κ2) is 64.5. The number of rotatable bonds is 62. The summed E-state index contributed by atoms with van der Waals surface area (Å²) >= 11 is 0. The van der Waals surface area contributed by atoms with Crippen molar-refractivity contribution in [2.45, 2.75) is 412 Å². The third kappa shape index (κ3) is 36.2. The van der Waals surface area contributed by atoms with Gasteiger partial charge in [-0.2, -0.15) is 0 Å². The Morgan fingerprint density at radius 1 is 0.255 bits per heavy atom. The number of hydrogen-bond donors (Lipinski definition) is 34. The SMILES string of the molecule is CCNC(=O)CCCCCCCCCCCCCCCCC(=O)NCCCC[C@@H](C(=O)NCCO[C@H]1O[C@H](CO[C@H]2O[C@H](CO)[C@@H](O)[C@H](O)[C@@H]2O)[C@@H](O)[C@H](O[C@H]2O[C@H](CO)[C@@H](O)[C@H](C)[C@@H]2O)[C@@H]1O)N(CC(=O)NCCO[C@H]1O[C@H](CO[C@H]2O[C@H](CO)[C@@H](O)[C@H](O)[C@@H]2O)[C@@H](O)[C@H](O[C@H]2O[C@H](CO)[C@@H](O)C(O)C2O)[C@@H]1O)CC(=O)NCCO[C@H]1O[C@H](CO[C@H]2O[C@H](CO)[C@@H](O)[C@H](O)[C@@H]2O)[C@@H](O)[C@H](O[C@H]2O[C@H](CO)[C@@H](O)[C@H](O)[C@@H]2O)[C@@H]1O. The number of aliphatic hydroxyl groups is 29. The van der Waals surface area contributed by atoms with Gasteiger partial charge in [-0.1, -0.05) is 84.0 Å². The van der Waals surface area contributed by atoms with E-state index in [0.717, 1.165) is 88.4 Å². The van der Waals surface area contributed by atoms with E-state index in [-0.39, 0.29) is 44.0 Å². The summed E-state index contributed by atoms with van der Waals surface area (Å²) < 4.78 is 103. The molecule has 868 valence electrons. The quantitative estimate of drug-likeness (QED) is 0.0251. The average Bonchev–Trinajstić information content (AvgIpc) is 0.784. The Hall–Kier alpha value is -4.57. The fourth-order valence-electron chi connectivity index (χ4n) is 18.6. The first kappa shape index (κ1) is 128. The molecule has 0 aliphatic carbocycles. The Bertz CT molecular complexity index is 3660. The first-order valence-electron chi connectivity index (χ1n) is 51.1. The third-order valence-corrected chi connectivity index (χ3v) is 27.7. The summed E-state index contributed by atoms with van der Waals surface area (Å²) in [6.07, 6.45) is -68.0. The largest absolute Gasteiger partial charge is 0.394 e. The minimum atomic E-state index is -2.15. The molecule has 5 amide bonds. The molecule has 9 rings (SSSR count). The number of carbonyl (C=O) groups excluding carboxylic acids is 5. The van der Waals surface area contributed by atoms with Crippen molar-refractivity contribution in [1.29, 1.82) is 0 Å². The van der Waals surface area contributed by atoms with Gasteiger partial charge in [-0.15, -0.1) is 0 Å². The molecule has 0 aromatic rings. The van der Waals surface area contributed by atoms with Crippen molar-refractivity contribution in [3.63, 3.8) is 0 Å². The highest BCUT2D eigenvalue weighted by Crippen LogP contribution is 2.38. The van der Waals surface area contributed by atoms with Gasteiger partial charge in [0.15, 0.2) is 56.6 Å². The van der Waals surface area contributed by atoms with Gasteiger partial charge in [0.25, 0.3) is 0 Å². The molecule has 34 N–H and O–H groups in total. The van der Waals surface area contributed by atoms with Crippen molar-refractivity contribution in [2.75, 3.05) is 125 Å². The van der Waals surface area contributed by atoms with Crippen molar-refractivity contribution < 1.29 is 257 Å². The van der Waals surface area contributed by atoms with Gasteiger partial charge < -0.3 is 260 Å². The summed E-state index contributed by atoms with van der Waals surface area (Å²) in [4.78, 5) is 70.9. The fraction of sp³-hybridized carbons (Fsp3) is 0.945. The van der Waals surface area contributed by atoms with Gasteiger partial charge in [0.05, 0.1) is 105 Å². The van der Waals surface area contributed by atoms with Crippen LogP contribution in [-0.4, -0.2) is 584 Å². The Morgan fingerprint density at radius 2 is 0.510 bits per heavy atom. The minimum Gasteiger partial charge on any atom is -0.394 e. The van der Waals surface area contributed by atoms with Crippen LogP contribution >= 0.6 is 0 Å². The highest BCUT2D eigenvalue weighted by Gasteiger charge is 2.58. The predicted molar refractivity (Wildman–Crippen MR) is 492 cm³/mol. The van der Waals surface area contributed by atoms with E-state index in [0.29, 0.717) is 19.4 Å². The van der Waals surface area contributed by atoms with Crippen molar-refractivity contribution >= 4 is 29.5 Å². The first-order valence-corrected chi connectivity index (χ1v) is 51.1. The summed E-state index contributed by atoms with van der Waals surface area (Å²) in [5, 5.41) is 326. The van der Waals surface area contributed by atoms with E-state index in [9.17, 15) is 167 Å². The highest BCUT2D eigenvalue weighted by molar-refractivity contribution is 5.86. The molecule has 9 fully saturated rings. The van der Waals surface area contributed by atoms with Crippen LogP contribution in [0.15, 0.2) is 0 Å². The lowest BCUT2D eigenvalue weighted by molar-refractivity contribution is -0.366. The number of hydrogen-bond acceptors (Lipinski definition) is 53. The molecule has 9 heterocycles. The van der Waals surface area contributed by atoms with Crippen LogP contribution in [0.2, 0.25) is 0 Å². The van der Waals surface area contributed by atoms with Crippen molar-refractivity contribution in [2.24, 2.45) is 5.92 Å². The maximum Gasteiger partial charge on any atom is 0.237 e. The van der Waals surface area contributed by atoms with Gasteiger partial charge in [0.2, 0.25) is 29.5 Å². The van der Waals surface area contributed by atoms with Gasteiger partial charge >= 0.3 is 0 Å². The van der Waals surface area contributed by atoms with Gasteiger partial charge in [0, 0.05) is 51.5 Å². The molecule has 0 spiro atoms. The molecule has 0 aromatic heterocycles. The number of nitrogens with zero attached hydrogens (tertiary/aromatic N) is 1. The number of ether oxygens (including phenoxy) is 18. The normalized spacial score (nSPS) is 40.0. The van der Waals surface area contributed by atoms with Crippen LogP contribution in [0.4, 0.5) is 0 Å². The van der Waals surface area contributed by atoms with E-state index in [1.807, 2.05) is 6.92 Å². The van der Waals surface area contributed by atoms with Gasteiger partial charge in [-0.25, -0.2) is 0 Å². The Morgan fingerprint density at radius 3 is 0.819 bits per heavy atom. The molecule has 0 bridgehead atoms. The summed E-state index contributed by atoms with van der Waals surface area (Å²) in [7, 11) is 0. The molecule has 0 aromatic carbocycles. The zero-order valence-corrected chi connectivity index (χ0v) is 83.2. The van der Waals surface area contributed by atoms with E-state index in [4.69, 9.17) is 85.3 Å². The van der Waals surface area contributed by atoms with Crippen LogP contribution in [-0.2, 0) is 109 Å². The second-order valence-corrected chi connectivity index (χ2v) is 38.7. The summed E-state index contributed by atoms with van der Waals surface area (Å²) in [6, 6.07) is -1.60. The second-order valence-electron chi connectivity index (χ2n) is 38.7. The number of unbranched alkanes of at least 4 members (excludes halogenated alkanes) is 14. The zero-order valence-electron chi connectivity index (χ0n) is 83.2. The molecular formula is C91H162N6O52. The lowest BCUT2D eigenvalue weighted by Crippen LogP contribution is -2.65. The van der Waals surface area contributed by atoms with Gasteiger partial charge in [-0.05, 0) is 39.0 Å². The minimum absolute atomic E-state index is 0.0352. The number of nitrogens with one attached hydrogen (secondary N) is 5. The smallest absolute Gasteiger partial charge is 0.237 e. The molecule has 9 aliphatic rings. The molecule has 46 atom stereocenters. The van der Waals surface area contributed by atoms with Crippen LogP contribution in [0.5, 0.6) is 0 Å². The molecular weight excluding hydrogens is 2010 g/mol. The van der Waals surface area contributed by atoms with Crippen molar-refractivity contribution in [3.05, 3.63) is 0 Å². The van der Waals surface area contributed by atoms with Gasteiger partial charge in [0.1, 0.15) is 208 Å². The lowest BCUT2D eigenvalue weighted by Gasteiger charge is -2.47. The molecule has 9 saturated heterocycles. The predicted octanol–water partition coefficient (Wildman–Crippen LogP) is -16.7. The number of amides is 5.